The van der Waals surface area contributed by atoms with Gasteiger partial charge in [0.25, 0.3) is 5.91 Å². The number of methoxy groups -OCH3 is 2. The van der Waals surface area contributed by atoms with E-state index in [4.69, 9.17) is 13.9 Å². The Hall–Kier alpha value is -3.55. The van der Waals surface area contributed by atoms with Crippen LogP contribution in [0.2, 0.25) is 0 Å². The standard InChI is InChI=1S/C17H16N4O4/c1-23-11-5-6-16(24-2)13(8-11)14-9-15(20-19-14)17(22)21-18-10-12-4-3-7-25-12/h3-10H,1-2H3,(H,19,20)(H,21,22)/b18-10-. The van der Waals surface area contributed by atoms with Gasteiger partial charge in [-0.05, 0) is 36.4 Å². The Morgan fingerprint density at radius 3 is 2.88 bits per heavy atom. The molecule has 8 nitrogen and oxygen atoms in total. The molecule has 2 heterocycles. The first kappa shape index (κ1) is 16.3. The van der Waals surface area contributed by atoms with Crippen LogP contribution >= 0.6 is 0 Å². The van der Waals surface area contributed by atoms with Crippen molar-refractivity contribution in [3.05, 3.63) is 54.1 Å². The van der Waals surface area contributed by atoms with Crippen LogP contribution in [0.4, 0.5) is 0 Å². The zero-order chi connectivity index (χ0) is 17.6. The number of ether oxygens (including phenoxy) is 2. The van der Waals surface area contributed by atoms with E-state index < -0.39 is 5.91 Å². The van der Waals surface area contributed by atoms with Crippen LogP contribution in [0.1, 0.15) is 16.2 Å². The van der Waals surface area contributed by atoms with E-state index >= 15 is 0 Å². The van der Waals surface area contributed by atoms with E-state index in [9.17, 15) is 4.79 Å². The number of rotatable bonds is 6. The van der Waals surface area contributed by atoms with Gasteiger partial charge in [-0.2, -0.15) is 10.2 Å². The van der Waals surface area contributed by atoms with Crippen LogP contribution in [0.3, 0.4) is 0 Å². The lowest BCUT2D eigenvalue weighted by Crippen LogP contribution is -2.17. The van der Waals surface area contributed by atoms with Crippen molar-refractivity contribution in [3.63, 3.8) is 0 Å². The van der Waals surface area contributed by atoms with E-state index in [1.54, 1.807) is 50.6 Å². The summed E-state index contributed by atoms with van der Waals surface area (Å²) >= 11 is 0. The molecule has 0 saturated carbocycles. The van der Waals surface area contributed by atoms with Gasteiger partial charge in [-0.15, -0.1) is 0 Å². The lowest BCUT2D eigenvalue weighted by molar-refractivity contribution is 0.0950. The molecule has 3 aromatic rings. The Kier molecular flexibility index (Phi) is 4.79. The molecule has 0 bridgehead atoms. The van der Waals surface area contributed by atoms with Crippen molar-refractivity contribution in [1.82, 2.24) is 15.6 Å². The number of hydrazone groups is 1. The number of H-pyrrole nitrogens is 1. The molecule has 1 amide bonds. The predicted octanol–water partition coefficient (Wildman–Crippen LogP) is 2.45. The summed E-state index contributed by atoms with van der Waals surface area (Å²) < 4.78 is 15.6. The molecule has 8 heteroatoms. The monoisotopic (exact) mass is 340 g/mol. The molecule has 0 aliphatic rings. The molecule has 0 spiro atoms. The maximum atomic E-state index is 12.1. The van der Waals surface area contributed by atoms with Gasteiger partial charge in [0.1, 0.15) is 23.0 Å². The van der Waals surface area contributed by atoms with Gasteiger partial charge in [-0.3, -0.25) is 9.89 Å². The third-order valence-corrected chi connectivity index (χ3v) is 3.41. The first-order valence-electron chi connectivity index (χ1n) is 7.36. The molecule has 0 fully saturated rings. The minimum absolute atomic E-state index is 0.261. The minimum atomic E-state index is -0.427. The molecule has 1 aromatic carbocycles. The molecular weight excluding hydrogens is 324 g/mol. The van der Waals surface area contributed by atoms with Crippen molar-refractivity contribution in [2.24, 2.45) is 5.10 Å². The first-order chi connectivity index (χ1) is 12.2. The number of nitrogens with one attached hydrogen (secondary N) is 2. The number of carbonyl (C=O) groups excluding carboxylic acids is 1. The largest absolute Gasteiger partial charge is 0.497 e. The van der Waals surface area contributed by atoms with Crippen LogP contribution in [0, 0.1) is 0 Å². The van der Waals surface area contributed by atoms with Gasteiger partial charge < -0.3 is 13.9 Å². The molecule has 2 N–H and O–H groups in total. The third-order valence-electron chi connectivity index (χ3n) is 3.41. The van der Waals surface area contributed by atoms with E-state index in [0.29, 0.717) is 28.5 Å². The maximum absolute atomic E-state index is 12.1. The SMILES string of the molecule is COc1ccc(OC)c(-c2cc(C(=O)N/N=C\c3ccco3)[nH]n2)c1. The summed E-state index contributed by atoms with van der Waals surface area (Å²) in [7, 11) is 3.14. The number of hydrogen-bond acceptors (Lipinski definition) is 6. The molecule has 128 valence electrons. The van der Waals surface area contributed by atoms with Gasteiger partial charge >= 0.3 is 0 Å². The van der Waals surface area contributed by atoms with Crippen LogP contribution in [0.25, 0.3) is 11.3 Å². The fraction of sp³-hybridized carbons (Fsp3) is 0.118. The van der Waals surface area contributed by atoms with Crippen molar-refractivity contribution in [2.75, 3.05) is 14.2 Å². The van der Waals surface area contributed by atoms with Gasteiger partial charge in [0.2, 0.25) is 0 Å². The second kappa shape index (κ2) is 7.35. The molecule has 0 aliphatic carbocycles. The summed E-state index contributed by atoms with van der Waals surface area (Å²) in [5, 5.41) is 10.7. The number of nitrogens with zero attached hydrogens (tertiary/aromatic N) is 2. The lowest BCUT2D eigenvalue weighted by Gasteiger charge is -2.08. The van der Waals surface area contributed by atoms with Crippen molar-refractivity contribution >= 4 is 12.1 Å². The number of amides is 1. The Balaban J connectivity index is 1.77. The Morgan fingerprint density at radius 1 is 1.28 bits per heavy atom. The number of aromatic amines is 1. The van der Waals surface area contributed by atoms with Crippen molar-refractivity contribution in [2.45, 2.75) is 0 Å². The summed E-state index contributed by atoms with van der Waals surface area (Å²) in [4.78, 5) is 12.1. The number of benzene rings is 1. The van der Waals surface area contributed by atoms with Crippen LogP contribution in [0.15, 0.2) is 52.2 Å². The molecule has 0 aliphatic heterocycles. The summed E-state index contributed by atoms with van der Waals surface area (Å²) in [6.07, 6.45) is 2.92. The van der Waals surface area contributed by atoms with Gasteiger partial charge in [0, 0.05) is 5.56 Å². The lowest BCUT2D eigenvalue weighted by atomic mass is 10.1. The van der Waals surface area contributed by atoms with E-state index in [1.165, 1.54) is 12.5 Å². The fourth-order valence-corrected chi connectivity index (χ4v) is 2.17. The van der Waals surface area contributed by atoms with Crippen LogP contribution in [-0.2, 0) is 0 Å². The number of furan rings is 1. The highest BCUT2D eigenvalue weighted by atomic mass is 16.5. The number of aromatic nitrogens is 2. The second-order valence-electron chi connectivity index (χ2n) is 4.95. The average molecular weight is 340 g/mol. The molecule has 0 radical (unpaired) electrons. The second-order valence-corrected chi connectivity index (χ2v) is 4.95. The molecule has 0 atom stereocenters. The number of carbonyl (C=O) groups is 1. The topological polar surface area (TPSA) is 102 Å². The quantitative estimate of drug-likeness (QED) is 0.530. The van der Waals surface area contributed by atoms with Crippen molar-refractivity contribution in [3.8, 4) is 22.8 Å². The highest BCUT2D eigenvalue weighted by Gasteiger charge is 2.14. The molecule has 0 saturated heterocycles. The normalized spacial score (nSPS) is 10.8. The Bertz CT molecular complexity index is 884. The van der Waals surface area contributed by atoms with Gasteiger partial charge in [-0.25, -0.2) is 5.43 Å². The Morgan fingerprint density at radius 2 is 2.16 bits per heavy atom. The van der Waals surface area contributed by atoms with Crippen LogP contribution in [0.5, 0.6) is 11.5 Å². The number of hydrogen-bond donors (Lipinski definition) is 2. The minimum Gasteiger partial charge on any atom is -0.497 e. The average Bonchev–Trinajstić information content (AvgIpc) is 3.33. The van der Waals surface area contributed by atoms with Gasteiger partial charge in [0.15, 0.2) is 0 Å². The third kappa shape index (κ3) is 3.69. The molecule has 3 rings (SSSR count). The predicted molar refractivity (Wildman–Crippen MR) is 90.9 cm³/mol. The van der Waals surface area contributed by atoms with E-state index in [2.05, 4.69) is 20.7 Å². The van der Waals surface area contributed by atoms with Crippen molar-refractivity contribution < 1.29 is 18.7 Å². The van der Waals surface area contributed by atoms with E-state index in [-0.39, 0.29) is 5.69 Å². The highest BCUT2D eigenvalue weighted by molar-refractivity contribution is 5.94. The van der Waals surface area contributed by atoms with E-state index in [0.717, 1.165) is 0 Å². The zero-order valence-corrected chi connectivity index (χ0v) is 13.6. The molecular formula is C17H16N4O4. The fourth-order valence-electron chi connectivity index (χ4n) is 2.17. The molecule has 2 aromatic heterocycles. The Labute approximate surface area is 143 Å². The highest BCUT2D eigenvalue weighted by Crippen LogP contribution is 2.32. The summed E-state index contributed by atoms with van der Waals surface area (Å²) in [6.45, 7) is 0. The van der Waals surface area contributed by atoms with Crippen LogP contribution in [-0.4, -0.2) is 36.5 Å². The molecule has 0 unspecified atom stereocenters. The van der Waals surface area contributed by atoms with Gasteiger partial charge in [-0.1, -0.05) is 0 Å². The summed E-state index contributed by atoms with van der Waals surface area (Å²) in [5.41, 5.74) is 3.91. The zero-order valence-electron chi connectivity index (χ0n) is 13.6. The smallest absolute Gasteiger partial charge is 0.289 e. The summed E-state index contributed by atoms with van der Waals surface area (Å²) in [5.74, 6) is 1.39. The van der Waals surface area contributed by atoms with Crippen LogP contribution < -0.4 is 14.9 Å². The van der Waals surface area contributed by atoms with E-state index in [1.807, 2.05) is 0 Å². The first-order valence-corrected chi connectivity index (χ1v) is 7.36. The maximum Gasteiger partial charge on any atom is 0.289 e. The van der Waals surface area contributed by atoms with Gasteiger partial charge in [0.05, 0.1) is 32.4 Å². The van der Waals surface area contributed by atoms with Crippen molar-refractivity contribution in [1.29, 1.82) is 0 Å². The molecule has 25 heavy (non-hydrogen) atoms. The summed E-state index contributed by atoms with van der Waals surface area (Å²) in [6, 6.07) is 10.4.